The maximum absolute atomic E-state index is 11.3. The van der Waals surface area contributed by atoms with E-state index in [1.54, 1.807) is 44.0 Å². The van der Waals surface area contributed by atoms with Gasteiger partial charge in [-0.25, -0.2) is 9.97 Å². The fraction of sp³-hybridized carbons (Fsp3) is 0.192. The van der Waals surface area contributed by atoms with Crippen molar-refractivity contribution >= 4 is 51.9 Å². The first-order chi connectivity index (χ1) is 17.3. The third kappa shape index (κ3) is 5.66. The number of pyridine rings is 3. The molecule has 182 valence electrons. The van der Waals surface area contributed by atoms with Crippen LogP contribution in [0.25, 0.3) is 22.3 Å². The third-order valence-corrected chi connectivity index (χ3v) is 5.37. The second-order valence-corrected chi connectivity index (χ2v) is 8.44. The molecule has 0 fully saturated rings. The average Bonchev–Trinajstić information content (AvgIpc) is 2.87. The van der Waals surface area contributed by atoms with Gasteiger partial charge in [0.2, 0.25) is 5.91 Å². The van der Waals surface area contributed by atoms with Gasteiger partial charge in [0.15, 0.2) is 5.82 Å². The number of aliphatic imine (C=N–C) groups is 1. The summed E-state index contributed by atoms with van der Waals surface area (Å²) < 4.78 is 0. The van der Waals surface area contributed by atoms with Crippen LogP contribution >= 0.6 is 0 Å². The number of amides is 1. The summed E-state index contributed by atoms with van der Waals surface area (Å²) >= 11 is 0. The molecule has 0 aromatic carbocycles. The highest BCUT2D eigenvalue weighted by Crippen LogP contribution is 2.25. The SMILES string of the molecule is CN=CC(=C(N)c1ccc(NC(C)=O)nc1)c1cnc2ccc(Nc3cc(C(C)C)cnn3)nc2c1. The molecule has 0 saturated heterocycles. The van der Waals surface area contributed by atoms with E-state index in [1.807, 2.05) is 24.3 Å². The number of hydrogen-bond donors (Lipinski definition) is 3. The van der Waals surface area contributed by atoms with Gasteiger partial charge in [-0.3, -0.25) is 14.8 Å². The molecule has 36 heavy (non-hydrogen) atoms. The monoisotopic (exact) mass is 481 g/mol. The molecule has 0 unspecified atom stereocenters. The molecule has 4 heterocycles. The van der Waals surface area contributed by atoms with Crippen molar-refractivity contribution in [2.45, 2.75) is 26.7 Å². The van der Waals surface area contributed by atoms with Gasteiger partial charge in [0.05, 0.1) is 17.2 Å². The van der Waals surface area contributed by atoms with E-state index in [2.05, 4.69) is 49.6 Å². The summed E-state index contributed by atoms with van der Waals surface area (Å²) in [7, 11) is 1.67. The van der Waals surface area contributed by atoms with Crippen LogP contribution < -0.4 is 16.4 Å². The number of anilines is 3. The van der Waals surface area contributed by atoms with E-state index in [1.165, 1.54) is 6.92 Å². The number of fused-ring (bicyclic) bond motifs is 1. The molecular weight excluding hydrogens is 454 g/mol. The Hall–Kier alpha value is -4.73. The molecule has 0 aliphatic rings. The lowest BCUT2D eigenvalue weighted by atomic mass is 10.0. The maximum Gasteiger partial charge on any atom is 0.222 e. The zero-order valence-electron chi connectivity index (χ0n) is 20.5. The highest BCUT2D eigenvalue weighted by atomic mass is 16.1. The molecule has 0 saturated carbocycles. The minimum atomic E-state index is -0.194. The molecule has 0 aliphatic heterocycles. The summed E-state index contributed by atoms with van der Waals surface area (Å²) in [5, 5.41) is 14.1. The van der Waals surface area contributed by atoms with E-state index >= 15 is 0 Å². The van der Waals surface area contributed by atoms with Gasteiger partial charge in [0.1, 0.15) is 11.6 Å². The molecule has 0 bridgehead atoms. The quantitative estimate of drug-likeness (QED) is 0.334. The lowest BCUT2D eigenvalue weighted by Crippen LogP contribution is -2.08. The summed E-state index contributed by atoms with van der Waals surface area (Å²) in [4.78, 5) is 29.0. The smallest absolute Gasteiger partial charge is 0.222 e. The molecule has 0 radical (unpaired) electrons. The van der Waals surface area contributed by atoms with Crippen molar-refractivity contribution in [2.75, 3.05) is 17.7 Å². The van der Waals surface area contributed by atoms with Crippen LogP contribution in [-0.2, 0) is 4.79 Å². The Bertz CT molecular complexity index is 1460. The van der Waals surface area contributed by atoms with Crippen LogP contribution in [0.2, 0.25) is 0 Å². The van der Waals surface area contributed by atoms with E-state index in [0.29, 0.717) is 45.7 Å². The van der Waals surface area contributed by atoms with Gasteiger partial charge in [-0.15, -0.1) is 5.10 Å². The van der Waals surface area contributed by atoms with Crippen molar-refractivity contribution in [3.63, 3.8) is 0 Å². The summed E-state index contributed by atoms with van der Waals surface area (Å²) in [5.41, 5.74) is 11.6. The zero-order valence-corrected chi connectivity index (χ0v) is 20.5. The largest absolute Gasteiger partial charge is 0.398 e. The molecule has 4 N–H and O–H groups in total. The topological polar surface area (TPSA) is 144 Å². The van der Waals surface area contributed by atoms with Gasteiger partial charge in [-0.1, -0.05) is 13.8 Å². The van der Waals surface area contributed by atoms with Crippen LogP contribution in [0.3, 0.4) is 0 Å². The van der Waals surface area contributed by atoms with E-state index in [-0.39, 0.29) is 5.91 Å². The number of nitrogens with zero attached hydrogens (tertiary/aromatic N) is 6. The first kappa shape index (κ1) is 24.4. The Kier molecular flexibility index (Phi) is 7.24. The summed E-state index contributed by atoms with van der Waals surface area (Å²) in [6.07, 6.45) is 6.77. The number of hydrogen-bond acceptors (Lipinski definition) is 9. The van der Waals surface area contributed by atoms with Crippen molar-refractivity contribution < 1.29 is 4.79 Å². The molecule has 0 spiro atoms. The van der Waals surface area contributed by atoms with Gasteiger partial charge >= 0.3 is 0 Å². The van der Waals surface area contributed by atoms with Gasteiger partial charge in [0, 0.05) is 55.0 Å². The van der Waals surface area contributed by atoms with E-state index in [4.69, 9.17) is 10.7 Å². The van der Waals surface area contributed by atoms with E-state index in [0.717, 1.165) is 16.6 Å². The van der Waals surface area contributed by atoms with Gasteiger partial charge in [-0.2, -0.15) is 5.10 Å². The Morgan fingerprint density at radius 2 is 1.75 bits per heavy atom. The van der Waals surface area contributed by atoms with Gasteiger partial charge < -0.3 is 16.4 Å². The summed E-state index contributed by atoms with van der Waals surface area (Å²) in [6, 6.07) is 11.1. The number of carbonyl (C=O) groups is 1. The number of nitrogens with two attached hydrogens (primary N) is 1. The van der Waals surface area contributed by atoms with Crippen LogP contribution in [0.4, 0.5) is 17.5 Å². The average molecular weight is 482 g/mol. The number of aromatic nitrogens is 5. The van der Waals surface area contributed by atoms with Crippen LogP contribution in [0.15, 0.2) is 60.0 Å². The normalized spacial score (nSPS) is 12.1. The molecule has 0 aliphatic carbocycles. The Labute approximate surface area is 208 Å². The molecule has 1 amide bonds. The lowest BCUT2D eigenvalue weighted by molar-refractivity contribution is -0.114. The Balaban J connectivity index is 1.68. The number of rotatable bonds is 7. The molecular formula is C26H27N9O. The highest BCUT2D eigenvalue weighted by molar-refractivity contribution is 6.19. The van der Waals surface area contributed by atoms with Crippen molar-refractivity contribution in [1.29, 1.82) is 0 Å². The van der Waals surface area contributed by atoms with E-state index < -0.39 is 0 Å². The van der Waals surface area contributed by atoms with E-state index in [9.17, 15) is 4.79 Å². The molecule has 4 aromatic heterocycles. The van der Waals surface area contributed by atoms with Crippen LogP contribution in [0.5, 0.6) is 0 Å². The minimum absolute atomic E-state index is 0.194. The van der Waals surface area contributed by atoms with Crippen LogP contribution in [0, 0.1) is 0 Å². The maximum atomic E-state index is 11.3. The molecule has 0 atom stereocenters. The molecule has 10 heteroatoms. The van der Waals surface area contributed by atoms with Crippen molar-refractivity contribution in [3.05, 3.63) is 71.7 Å². The third-order valence-electron chi connectivity index (χ3n) is 5.37. The highest BCUT2D eigenvalue weighted by Gasteiger charge is 2.11. The predicted octanol–water partition coefficient (Wildman–Crippen LogP) is 4.17. The molecule has 4 rings (SSSR count). The first-order valence-corrected chi connectivity index (χ1v) is 11.4. The minimum Gasteiger partial charge on any atom is -0.398 e. The Morgan fingerprint density at radius 1 is 0.972 bits per heavy atom. The predicted molar refractivity (Wildman–Crippen MR) is 143 cm³/mol. The fourth-order valence-electron chi connectivity index (χ4n) is 3.50. The second-order valence-electron chi connectivity index (χ2n) is 8.44. The second kappa shape index (κ2) is 10.7. The van der Waals surface area contributed by atoms with Crippen molar-refractivity contribution in [2.24, 2.45) is 10.7 Å². The lowest BCUT2D eigenvalue weighted by Gasteiger charge is -2.11. The zero-order chi connectivity index (χ0) is 25.7. The standard InChI is InChI=1S/C26H27N9O/c1-15(2)18-10-25(35-31-13-18)34-24-8-6-21-22(33-24)9-19(12-29-21)20(14-28-4)26(27)17-5-7-23(30-11-17)32-16(3)36/h5-15H,27H2,1-4H3,(H,30,32,36)(H,33,34,35). The Morgan fingerprint density at radius 3 is 2.44 bits per heavy atom. The number of allylic oxidation sites excluding steroid dienone is 1. The number of nitrogens with one attached hydrogen (secondary N) is 2. The summed E-state index contributed by atoms with van der Waals surface area (Å²) in [6.45, 7) is 5.63. The van der Waals surface area contributed by atoms with Crippen molar-refractivity contribution in [1.82, 2.24) is 25.1 Å². The van der Waals surface area contributed by atoms with Crippen LogP contribution in [0.1, 0.15) is 43.4 Å². The molecule has 4 aromatic rings. The first-order valence-electron chi connectivity index (χ1n) is 11.4. The van der Waals surface area contributed by atoms with Crippen LogP contribution in [-0.4, -0.2) is 44.3 Å². The summed E-state index contributed by atoms with van der Waals surface area (Å²) in [5.74, 6) is 1.84. The molecule has 10 nitrogen and oxygen atoms in total. The van der Waals surface area contributed by atoms with Gasteiger partial charge in [0.25, 0.3) is 0 Å². The van der Waals surface area contributed by atoms with Gasteiger partial charge in [-0.05, 0) is 47.9 Å². The number of carbonyl (C=O) groups excluding carboxylic acids is 1. The fourth-order valence-corrected chi connectivity index (χ4v) is 3.50. The van der Waals surface area contributed by atoms with Crippen molar-refractivity contribution in [3.8, 4) is 0 Å².